The highest BCUT2D eigenvalue weighted by atomic mass is 16.4. The Hall–Kier alpha value is -2.16. The van der Waals surface area contributed by atoms with Crippen molar-refractivity contribution in [2.45, 2.75) is 33.6 Å². The second-order valence-corrected chi connectivity index (χ2v) is 5.43. The largest absolute Gasteiger partial charge is 0.422 e. The number of aryl methyl sites for hydroxylation is 1. The van der Waals surface area contributed by atoms with Gasteiger partial charge in [-0.2, -0.15) is 0 Å². The van der Waals surface area contributed by atoms with E-state index in [4.69, 9.17) is 4.42 Å². The summed E-state index contributed by atoms with van der Waals surface area (Å²) in [7, 11) is 0. The topological polar surface area (TPSA) is 47.3 Å². The van der Waals surface area contributed by atoms with E-state index in [1.54, 1.807) is 13.8 Å². The Balaban J connectivity index is 2.60. The van der Waals surface area contributed by atoms with Crippen LogP contribution in [0.15, 0.2) is 45.6 Å². The summed E-state index contributed by atoms with van der Waals surface area (Å²) in [6.07, 6.45) is 1.56. The Morgan fingerprint density at radius 1 is 1.19 bits per heavy atom. The highest BCUT2D eigenvalue weighted by Crippen LogP contribution is 2.22. The number of carbonyl (C=O) groups excluding carboxylic acids is 1. The predicted octanol–water partition coefficient (Wildman–Crippen LogP) is 4.10. The van der Waals surface area contributed by atoms with Crippen molar-refractivity contribution in [2.24, 2.45) is 5.92 Å². The molecule has 0 saturated carbocycles. The standard InChI is InChI=1S/C18H20O3/c1-4-8-14-11-15(13-9-6-5-7-10-13)21-18(20)16(14)17(19)12(2)3/h5-7,9-12H,4,8H2,1-3H3. The van der Waals surface area contributed by atoms with Crippen LogP contribution in [0.2, 0.25) is 0 Å². The minimum Gasteiger partial charge on any atom is -0.422 e. The van der Waals surface area contributed by atoms with Gasteiger partial charge in [-0.15, -0.1) is 0 Å². The summed E-state index contributed by atoms with van der Waals surface area (Å²) in [6.45, 7) is 5.62. The first kappa shape index (κ1) is 15.2. The van der Waals surface area contributed by atoms with Crippen LogP contribution in [0.1, 0.15) is 43.1 Å². The summed E-state index contributed by atoms with van der Waals surface area (Å²) in [5.41, 5.74) is 1.31. The Morgan fingerprint density at radius 3 is 2.43 bits per heavy atom. The van der Waals surface area contributed by atoms with Crippen LogP contribution in [0.4, 0.5) is 0 Å². The lowest BCUT2D eigenvalue weighted by Gasteiger charge is -2.10. The van der Waals surface area contributed by atoms with Crippen LogP contribution in [0.5, 0.6) is 0 Å². The molecule has 0 bridgehead atoms. The van der Waals surface area contributed by atoms with Crippen molar-refractivity contribution in [2.75, 3.05) is 0 Å². The molecule has 1 aromatic heterocycles. The number of rotatable bonds is 5. The van der Waals surface area contributed by atoms with E-state index in [9.17, 15) is 9.59 Å². The molecule has 3 nitrogen and oxygen atoms in total. The molecule has 0 fully saturated rings. The Bertz CT molecular complexity index is 681. The van der Waals surface area contributed by atoms with Crippen LogP contribution in [0, 0.1) is 5.92 Å². The zero-order valence-corrected chi connectivity index (χ0v) is 12.7. The quantitative estimate of drug-likeness (QED) is 0.777. The monoisotopic (exact) mass is 284 g/mol. The van der Waals surface area contributed by atoms with Crippen molar-refractivity contribution in [1.82, 2.24) is 0 Å². The number of Topliss-reactive ketones (excluding diaryl/α,β-unsaturated/α-hetero) is 1. The first-order valence-electron chi connectivity index (χ1n) is 7.31. The van der Waals surface area contributed by atoms with Gasteiger partial charge in [-0.25, -0.2) is 4.79 Å². The zero-order chi connectivity index (χ0) is 15.4. The molecular formula is C18H20O3. The van der Waals surface area contributed by atoms with Crippen LogP contribution in [-0.2, 0) is 6.42 Å². The Kier molecular flexibility index (Phi) is 4.73. The molecular weight excluding hydrogens is 264 g/mol. The SMILES string of the molecule is CCCc1cc(-c2ccccc2)oc(=O)c1C(=O)C(C)C. The third kappa shape index (κ3) is 3.30. The van der Waals surface area contributed by atoms with Crippen LogP contribution < -0.4 is 5.63 Å². The number of hydrogen-bond donors (Lipinski definition) is 0. The fourth-order valence-corrected chi connectivity index (χ4v) is 2.30. The van der Waals surface area contributed by atoms with E-state index in [1.165, 1.54) is 0 Å². The maximum atomic E-state index is 12.3. The molecule has 0 atom stereocenters. The lowest BCUT2D eigenvalue weighted by Crippen LogP contribution is -2.21. The number of ketones is 1. The van der Waals surface area contributed by atoms with Crippen molar-refractivity contribution in [1.29, 1.82) is 0 Å². The van der Waals surface area contributed by atoms with E-state index in [0.29, 0.717) is 12.2 Å². The zero-order valence-electron chi connectivity index (χ0n) is 12.7. The van der Waals surface area contributed by atoms with Gasteiger partial charge in [-0.3, -0.25) is 4.79 Å². The van der Waals surface area contributed by atoms with Crippen molar-refractivity contribution >= 4 is 5.78 Å². The van der Waals surface area contributed by atoms with Gasteiger partial charge in [0.15, 0.2) is 5.78 Å². The van der Waals surface area contributed by atoms with Crippen molar-refractivity contribution in [3.8, 4) is 11.3 Å². The van der Waals surface area contributed by atoms with Crippen molar-refractivity contribution in [3.05, 3.63) is 57.9 Å². The van der Waals surface area contributed by atoms with E-state index < -0.39 is 5.63 Å². The molecule has 0 spiro atoms. The predicted molar refractivity (Wildman–Crippen MR) is 83.6 cm³/mol. The number of benzene rings is 1. The third-order valence-electron chi connectivity index (χ3n) is 3.38. The Labute approximate surface area is 124 Å². The molecule has 2 aromatic rings. The normalized spacial score (nSPS) is 10.9. The third-order valence-corrected chi connectivity index (χ3v) is 3.38. The lowest BCUT2D eigenvalue weighted by molar-refractivity contribution is 0.0934. The average molecular weight is 284 g/mol. The number of hydrogen-bond acceptors (Lipinski definition) is 3. The first-order valence-corrected chi connectivity index (χ1v) is 7.31. The maximum absolute atomic E-state index is 12.3. The molecule has 0 saturated heterocycles. The minimum absolute atomic E-state index is 0.146. The molecule has 0 unspecified atom stereocenters. The first-order chi connectivity index (χ1) is 10.0. The molecule has 0 aliphatic carbocycles. The van der Waals surface area contributed by atoms with Crippen LogP contribution in [-0.4, -0.2) is 5.78 Å². The van der Waals surface area contributed by atoms with Gasteiger partial charge in [-0.05, 0) is 18.1 Å². The molecule has 0 aliphatic heterocycles. The van der Waals surface area contributed by atoms with Gasteiger partial charge in [0.05, 0.1) is 0 Å². The van der Waals surface area contributed by atoms with Crippen LogP contribution >= 0.6 is 0 Å². The van der Waals surface area contributed by atoms with E-state index in [1.807, 2.05) is 43.3 Å². The van der Waals surface area contributed by atoms with E-state index in [2.05, 4.69) is 0 Å². The number of carbonyl (C=O) groups is 1. The summed E-state index contributed by atoms with van der Waals surface area (Å²) in [4.78, 5) is 24.5. The highest BCUT2D eigenvalue weighted by molar-refractivity contribution is 5.98. The van der Waals surface area contributed by atoms with Crippen LogP contribution in [0.3, 0.4) is 0 Å². The molecule has 0 aliphatic rings. The van der Waals surface area contributed by atoms with E-state index in [-0.39, 0.29) is 17.3 Å². The van der Waals surface area contributed by atoms with Gasteiger partial charge in [0.25, 0.3) is 0 Å². The highest BCUT2D eigenvalue weighted by Gasteiger charge is 2.21. The second kappa shape index (κ2) is 6.53. The molecule has 110 valence electrons. The summed E-state index contributed by atoms with van der Waals surface area (Å²) in [5, 5.41) is 0. The lowest BCUT2D eigenvalue weighted by atomic mass is 9.95. The smallest absolute Gasteiger partial charge is 0.347 e. The van der Waals surface area contributed by atoms with Gasteiger partial charge in [0.1, 0.15) is 11.3 Å². The van der Waals surface area contributed by atoms with Crippen molar-refractivity contribution < 1.29 is 9.21 Å². The van der Waals surface area contributed by atoms with Gasteiger partial charge >= 0.3 is 5.63 Å². The molecule has 0 amide bonds. The summed E-state index contributed by atoms with van der Waals surface area (Å²) in [5.74, 6) is 0.155. The second-order valence-electron chi connectivity index (χ2n) is 5.43. The average Bonchev–Trinajstić information content (AvgIpc) is 2.47. The molecule has 1 aromatic carbocycles. The van der Waals surface area contributed by atoms with E-state index in [0.717, 1.165) is 17.5 Å². The maximum Gasteiger partial charge on any atom is 0.347 e. The summed E-state index contributed by atoms with van der Waals surface area (Å²) in [6, 6.07) is 11.3. The van der Waals surface area contributed by atoms with Gasteiger partial charge in [0.2, 0.25) is 0 Å². The fraction of sp³-hybridized carbons (Fsp3) is 0.333. The summed E-state index contributed by atoms with van der Waals surface area (Å²) >= 11 is 0. The molecule has 2 rings (SSSR count). The van der Waals surface area contributed by atoms with Gasteiger partial charge in [0, 0.05) is 11.5 Å². The fourth-order valence-electron chi connectivity index (χ4n) is 2.30. The van der Waals surface area contributed by atoms with Gasteiger partial charge in [-0.1, -0.05) is 57.5 Å². The van der Waals surface area contributed by atoms with E-state index >= 15 is 0 Å². The summed E-state index contributed by atoms with van der Waals surface area (Å²) < 4.78 is 5.38. The van der Waals surface area contributed by atoms with Crippen LogP contribution in [0.25, 0.3) is 11.3 Å². The minimum atomic E-state index is -0.529. The molecule has 3 heteroatoms. The molecule has 0 N–H and O–H groups in total. The van der Waals surface area contributed by atoms with Crippen molar-refractivity contribution in [3.63, 3.8) is 0 Å². The Morgan fingerprint density at radius 2 is 1.86 bits per heavy atom. The van der Waals surface area contributed by atoms with Gasteiger partial charge < -0.3 is 4.42 Å². The molecule has 21 heavy (non-hydrogen) atoms. The molecule has 0 radical (unpaired) electrons. The molecule has 1 heterocycles.